The number of nitrogens with zero attached hydrogens (tertiary/aromatic N) is 2. The van der Waals surface area contributed by atoms with Crippen molar-refractivity contribution in [2.75, 3.05) is 27.2 Å². The summed E-state index contributed by atoms with van der Waals surface area (Å²) < 4.78 is 25.0. The van der Waals surface area contributed by atoms with E-state index in [-0.39, 0.29) is 49.5 Å². The Hall–Kier alpha value is -4.07. The SMILES string of the molecule is CN(C)C(=O)C=Cc1cccc(C(=O)OC2CC(C(=O)N3CCCC3C(=O)NC(CO)CCC(=O)OC(C)(C)C)=CC3OC(C4CC4)(C4CC4)OC32)c1. The molecular formula is C40H53N3O10. The van der Waals surface area contributed by atoms with Gasteiger partial charge in [0.25, 0.3) is 0 Å². The van der Waals surface area contributed by atoms with E-state index < -0.39 is 59.6 Å². The molecule has 2 saturated heterocycles. The maximum atomic E-state index is 14.3. The molecule has 13 heteroatoms. The van der Waals surface area contributed by atoms with Gasteiger partial charge in [-0.25, -0.2) is 4.79 Å². The number of amides is 3. The van der Waals surface area contributed by atoms with Crippen LogP contribution in [0.5, 0.6) is 0 Å². The number of benzene rings is 1. The minimum absolute atomic E-state index is 0.0219. The molecule has 1 aromatic carbocycles. The zero-order chi connectivity index (χ0) is 38.1. The molecule has 3 aliphatic carbocycles. The van der Waals surface area contributed by atoms with Crippen molar-refractivity contribution in [3.63, 3.8) is 0 Å². The lowest BCUT2D eigenvalue weighted by atomic mass is 9.91. The molecule has 3 amide bonds. The summed E-state index contributed by atoms with van der Waals surface area (Å²) in [4.78, 5) is 68.8. The predicted octanol–water partition coefficient (Wildman–Crippen LogP) is 3.53. The highest BCUT2D eigenvalue weighted by molar-refractivity contribution is 5.98. The Bertz CT molecular complexity index is 1630. The summed E-state index contributed by atoms with van der Waals surface area (Å²) in [6.07, 6.45) is 8.11. The number of hydrogen-bond donors (Lipinski definition) is 2. The molecule has 2 heterocycles. The minimum Gasteiger partial charge on any atom is -0.460 e. The summed E-state index contributed by atoms with van der Waals surface area (Å²) >= 11 is 0. The van der Waals surface area contributed by atoms with Gasteiger partial charge in [0, 0.05) is 57.0 Å². The summed E-state index contributed by atoms with van der Waals surface area (Å²) in [5.74, 6) is -2.21. The summed E-state index contributed by atoms with van der Waals surface area (Å²) in [6.45, 7) is 5.30. The van der Waals surface area contributed by atoms with E-state index in [1.54, 1.807) is 76.2 Å². The van der Waals surface area contributed by atoms with Gasteiger partial charge in [-0.15, -0.1) is 0 Å². The van der Waals surface area contributed by atoms with Crippen LogP contribution >= 0.6 is 0 Å². The Morgan fingerprint density at radius 3 is 2.43 bits per heavy atom. The first kappa shape index (κ1) is 38.6. The average Bonchev–Trinajstić information content (AvgIpc) is 4.06. The number of aliphatic hydroxyl groups excluding tert-OH is 1. The van der Waals surface area contributed by atoms with Crippen LogP contribution in [0.25, 0.3) is 6.08 Å². The van der Waals surface area contributed by atoms with Crippen LogP contribution in [0.15, 0.2) is 42.0 Å². The van der Waals surface area contributed by atoms with E-state index in [4.69, 9.17) is 18.9 Å². The zero-order valence-electron chi connectivity index (χ0n) is 31.4. The summed E-state index contributed by atoms with van der Waals surface area (Å²) in [6, 6.07) is 5.33. The van der Waals surface area contributed by atoms with E-state index >= 15 is 0 Å². The van der Waals surface area contributed by atoms with Crippen LogP contribution in [0.4, 0.5) is 0 Å². The van der Waals surface area contributed by atoms with Crippen LogP contribution in [-0.2, 0) is 38.1 Å². The number of carbonyl (C=O) groups excluding carboxylic acids is 5. The second kappa shape index (κ2) is 15.7. The topological polar surface area (TPSA) is 161 Å². The number of esters is 2. The van der Waals surface area contributed by atoms with Crippen LogP contribution in [0.2, 0.25) is 0 Å². The highest BCUT2D eigenvalue weighted by Crippen LogP contribution is 2.59. The van der Waals surface area contributed by atoms with Crippen molar-refractivity contribution in [2.45, 2.75) is 120 Å². The highest BCUT2D eigenvalue weighted by Gasteiger charge is 2.64. The molecule has 0 spiro atoms. The van der Waals surface area contributed by atoms with E-state index in [1.807, 2.05) is 0 Å². The van der Waals surface area contributed by atoms with Crippen molar-refractivity contribution in [1.82, 2.24) is 15.1 Å². The molecule has 5 unspecified atom stereocenters. The Balaban J connectivity index is 1.17. The highest BCUT2D eigenvalue weighted by atomic mass is 16.8. The molecule has 13 nitrogen and oxygen atoms in total. The van der Waals surface area contributed by atoms with Gasteiger partial charge in [-0.1, -0.05) is 12.1 Å². The Kier molecular flexibility index (Phi) is 11.5. The average molecular weight is 736 g/mol. The number of rotatable bonds is 13. The Morgan fingerprint density at radius 1 is 1.08 bits per heavy atom. The molecule has 2 aliphatic heterocycles. The number of aliphatic hydroxyl groups is 1. The zero-order valence-corrected chi connectivity index (χ0v) is 31.4. The van der Waals surface area contributed by atoms with E-state index in [0.29, 0.717) is 36.1 Å². The monoisotopic (exact) mass is 735 g/mol. The van der Waals surface area contributed by atoms with Gasteiger partial charge in [-0.3, -0.25) is 19.2 Å². The molecule has 6 rings (SSSR count). The van der Waals surface area contributed by atoms with Crippen molar-refractivity contribution in [1.29, 1.82) is 0 Å². The van der Waals surface area contributed by atoms with Crippen LogP contribution in [0, 0.1) is 11.8 Å². The third-order valence-corrected chi connectivity index (χ3v) is 10.4. The second-order valence-electron chi connectivity index (χ2n) is 16.1. The fourth-order valence-corrected chi connectivity index (χ4v) is 7.51. The summed E-state index contributed by atoms with van der Waals surface area (Å²) in [7, 11) is 3.31. The molecule has 0 aromatic heterocycles. The van der Waals surface area contributed by atoms with Crippen LogP contribution in [0.1, 0.15) is 94.5 Å². The fraction of sp³-hybridized carbons (Fsp3) is 0.625. The normalized spacial score (nSPS) is 25.7. The molecule has 0 radical (unpaired) electrons. The number of likely N-dealkylation sites (tertiary alicyclic amines) is 1. The number of fused-ring (bicyclic) bond motifs is 1. The third kappa shape index (κ3) is 9.18. The van der Waals surface area contributed by atoms with Crippen molar-refractivity contribution < 1.29 is 48.0 Å². The lowest BCUT2D eigenvalue weighted by Gasteiger charge is -2.33. The van der Waals surface area contributed by atoms with Gasteiger partial charge < -0.3 is 39.2 Å². The summed E-state index contributed by atoms with van der Waals surface area (Å²) in [5.41, 5.74) is 0.687. The second-order valence-corrected chi connectivity index (χ2v) is 16.1. The largest absolute Gasteiger partial charge is 0.460 e. The smallest absolute Gasteiger partial charge is 0.338 e. The number of carbonyl (C=O) groups is 5. The fourth-order valence-electron chi connectivity index (χ4n) is 7.51. The predicted molar refractivity (Wildman–Crippen MR) is 193 cm³/mol. The molecule has 4 fully saturated rings. The van der Waals surface area contributed by atoms with Crippen molar-refractivity contribution in [3.8, 4) is 0 Å². The van der Waals surface area contributed by atoms with Crippen molar-refractivity contribution >= 4 is 35.7 Å². The van der Waals surface area contributed by atoms with Gasteiger partial charge in [0.05, 0.1) is 18.2 Å². The number of hydrogen-bond acceptors (Lipinski definition) is 10. The Morgan fingerprint density at radius 2 is 1.79 bits per heavy atom. The molecule has 1 aromatic rings. The molecule has 53 heavy (non-hydrogen) atoms. The van der Waals surface area contributed by atoms with Gasteiger partial charge in [-0.05, 0) is 95.6 Å². The first-order valence-corrected chi connectivity index (χ1v) is 18.9. The first-order valence-electron chi connectivity index (χ1n) is 18.9. The maximum Gasteiger partial charge on any atom is 0.338 e. The summed E-state index contributed by atoms with van der Waals surface area (Å²) in [5, 5.41) is 12.8. The van der Waals surface area contributed by atoms with Gasteiger partial charge in [0.1, 0.15) is 30.0 Å². The lowest BCUT2D eigenvalue weighted by molar-refractivity contribution is -0.209. The quantitative estimate of drug-likeness (QED) is 0.227. The van der Waals surface area contributed by atoms with E-state index in [1.165, 1.54) is 11.0 Å². The molecule has 288 valence electrons. The Labute approximate surface area is 311 Å². The van der Waals surface area contributed by atoms with Gasteiger partial charge in [0.15, 0.2) is 5.79 Å². The van der Waals surface area contributed by atoms with E-state index in [0.717, 1.165) is 25.7 Å². The maximum absolute atomic E-state index is 14.3. The van der Waals surface area contributed by atoms with E-state index in [2.05, 4.69) is 5.32 Å². The molecule has 5 atom stereocenters. The van der Waals surface area contributed by atoms with Gasteiger partial charge in [-0.2, -0.15) is 0 Å². The van der Waals surface area contributed by atoms with Crippen LogP contribution < -0.4 is 5.32 Å². The third-order valence-electron chi connectivity index (χ3n) is 10.4. The van der Waals surface area contributed by atoms with Crippen molar-refractivity contribution in [3.05, 3.63) is 53.1 Å². The van der Waals surface area contributed by atoms with Crippen LogP contribution in [0.3, 0.4) is 0 Å². The van der Waals surface area contributed by atoms with Crippen LogP contribution in [-0.4, -0.2) is 114 Å². The standard InChI is InChI=1S/C40H53N3O10/c1-39(2,3)52-34(46)18-16-29(23-44)41-36(47)30-10-7-19-43(30)37(48)26-21-31(35-32(22-26)51-40(53-35,27-12-13-27)28-14-15-28)50-38(49)25-9-6-8-24(20-25)11-17-33(45)42(4)5/h6,8-9,11,17,20,22,27-32,35,44H,7,10,12-16,18-19,21,23H2,1-5H3,(H,41,47). The lowest BCUT2D eigenvalue weighted by Crippen LogP contribution is -2.51. The van der Waals surface area contributed by atoms with Gasteiger partial charge >= 0.3 is 11.9 Å². The molecule has 2 N–H and O–H groups in total. The number of ether oxygens (including phenoxy) is 4. The van der Waals surface area contributed by atoms with Crippen molar-refractivity contribution in [2.24, 2.45) is 11.8 Å². The molecule has 5 aliphatic rings. The number of nitrogens with one attached hydrogen (secondary N) is 1. The minimum atomic E-state index is -0.827. The van der Waals surface area contributed by atoms with Gasteiger partial charge in [0.2, 0.25) is 17.7 Å². The molecular weight excluding hydrogens is 682 g/mol. The first-order chi connectivity index (χ1) is 25.2. The van der Waals surface area contributed by atoms with E-state index in [9.17, 15) is 29.1 Å². The molecule has 2 saturated carbocycles. The molecule has 0 bridgehead atoms. The number of likely N-dealkylation sites (N-methyl/N-ethyl adjacent to an activating group) is 1.